The van der Waals surface area contributed by atoms with E-state index in [1.165, 1.54) is 13.0 Å². The number of Topliss-reactive ketones (excluding diaryl/α,β-unsaturated/α-hetero) is 1. The molecule has 0 spiro atoms. The molecular formula is C11H21NO. The molecule has 1 aliphatic rings. The Hall–Kier alpha value is -0.370. The fourth-order valence-electron chi connectivity index (χ4n) is 1.94. The highest BCUT2D eigenvalue weighted by molar-refractivity contribution is 5.82. The largest absolute Gasteiger partial charge is 0.303 e. The predicted molar refractivity (Wildman–Crippen MR) is 54.8 cm³/mol. The molecule has 13 heavy (non-hydrogen) atoms. The average molecular weight is 183 g/mol. The van der Waals surface area contributed by atoms with Gasteiger partial charge in [-0.2, -0.15) is 0 Å². The second-order valence-electron chi connectivity index (χ2n) is 4.46. The number of ketones is 1. The summed E-state index contributed by atoms with van der Waals surface area (Å²) in [5.41, 5.74) is -0.0236. The Morgan fingerprint density at radius 2 is 1.92 bits per heavy atom. The van der Waals surface area contributed by atoms with E-state index in [0.717, 1.165) is 25.9 Å². The number of carbonyl (C=O) groups excluding carboxylic acids is 1. The fraction of sp³-hybridized carbons (Fsp3) is 0.909. The Labute approximate surface area is 81.3 Å². The van der Waals surface area contributed by atoms with Crippen LogP contribution in [0, 0.1) is 5.41 Å². The molecule has 0 N–H and O–H groups in total. The van der Waals surface area contributed by atoms with Crippen LogP contribution in [0.3, 0.4) is 0 Å². The summed E-state index contributed by atoms with van der Waals surface area (Å²) in [6, 6.07) is 0. The number of rotatable bonds is 3. The zero-order valence-corrected chi connectivity index (χ0v) is 9.10. The summed E-state index contributed by atoms with van der Waals surface area (Å²) in [6.07, 6.45) is 3.31. The van der Waals surface area contributed by atoms with Crippen LogP contribution in [-0.2, 0) is 4.79 Å². The number of likely N-dealkylation sites (tertiary alicyclic amines) is 1. The van der Waals surface area contributed by atoms with Crippen molar-refractivity contribution in [1.29, 1.82) is 0 Å². The predicted octanol–water partition coefficient (Wildman–Crippen LogP) is 2.09. The first-order chi connectivity index (χ1) is 6.08. The molecule has 2 heteroatoms. The van der Waals surface area contributed by atoms with Crippen LogP contribution in [0.25, 0.3) is 0 Å². The van der Waals surface area contributed by atoms with Gasteiger partial charge in [-0.15, -0.1) is 0 Å². The van der Waals surface area contributed by atoms with Crippen LogP contribution < -0.4 is 0 Å². The lowest BCUT2D eigenvalue weighted by Crippen LogP contribution is -2.42. The Kier molecular flexibility index (Phi) is 3.48. The van der Waals surface area contributed by atoms with Crippen molar-refractivity contribution >= 4 is 5.78 Å². The second-order valence-corrected chi connectivity index (χ2v) is 4.46. The molecule has 1 aliphatic heterocycles. The van der Waals surface area contributed by atoms with Gasteiger partial charge >= 0.3 is 0 Å². The molecule has 1 saturated heterocycles. The smallest absolute Gasteiger partial charge is 0.135 e. The molecule has 76 valence electrons. The topological polar surface area (TPSA) is 20.3 Å². The highest BCUT2D eigenvalue weighted by Crippen LogP contribution is 2.31. The molecule has 0 amide bonds. The van der Waals surface area contributed by atoms with E-state index in [1.54, 1.807) is 6.92 Å². The highest BCUT2D eigenvalue weighted by Gasteiger charge is 2.33. The zero-order valence-electron chi connectivity index (χ0n) is 9.10. The molecule has 0 radical (unpaired) electrons. The monoisotopic (exact) mass is 183 g/mol. The van der Waals surface area contributed by atoms with E-state index in [0.29, 0.717) is 5.78 Å². The summed E-state index contributed by atoms with van der Waals surface area (Å²) in [7, 11) is 0. The lowest BCUT2D eigenvalue weighted by Gasteiger charge is -2.37. The first-order valence-electron chi connectivity index (χ1n) is 5.32. The standard InChI is InChI=1S/C11H21NO/c1-4-7-12-8-5-11(3,6-9-12)10(2)13/h4-9H2,1-3H3. The maximum atomic E-state index is 11.4. The van der Waals surface area contributed by atoms with Gasteiger partial charge in [0, 0.05) is 5.41 Å². The van der Waals surface area contributed by atoms with Crippen molar-refractivity contribution in [2.45, 2.75) is 40.0 Å². The summed E-state index contributed by atoms with van der Waals surface area (Å²) in [6.45, 7) is 9.44. The van der Waals surface area contributed by atoms with Crippen molar-refractivity contribution in [3.8, 4) is 0 Å². The van der Waals surface area contributed by atoms with Crippen molar-refractivity contribution in [1.82, 2.24) is 4.90 Å². The van der Waals surface area contributed by atoms with Gasteiger partial charge in [0.25, 0.3) is 0 Å². The number of nitrogens with zero attached hydrogens (tertiary/aromatic N) is 1. The number of carbonyl (C=O) groups is 1. The Bertz CT molecular complexity index is 181. The minimum Gasteiger partial charge on any atom is -0.303 e. The molecule has 0 saturated carbocycles. The molecule has 1 heterocycles. The van der Waals surface area contributed by atoms with Crippen molar-refractivity contribution in [3.05, 3.63) is 0 Å². The Balaban J connectivity index is 2.42. The van der Waals surface area contributed by atoms with Gasteiger partial charge in [0.1, 0.15) is 5.78 Å². The minimum absolute atomic E-state index is 0.0236. The zero-order chi connectivity index (χ0) is 9.90. The Morgan fingerprint density at radius 1 is 1.38 bits per heavy atom. The van der Waals surface area contributed by atoms with Gasteiger partial charge in [0.05, 0.1) is 0 Å². The molecule has 2 nitrogen and oxygen atoms in total. The second kappa shape index (κ2) is 4.23. The molecule has 0 atom stereocenters. The van der Waals surface area contributed by atoms with Crippen LogP contribution in [-0.4, -0.2) is 30.3 Å². The highest BCUT2D eigenvalue weighted by atomic mass is 16.1. The van der Waals surface area contributed by atoms with E-state index in [-0.39, 0.29) is 5.41 Å². The van der Waals surface area contributed by atoms with Crippen molar-refractivity contribution in [2.75, 3.05) is 19.6 Å². The normalized spacial score (nSPS) is 23.0. The summed E-state index contributed by atoms with van der Waals surface area (Å²) in [5, 5.41) is 0. The molecule has 0 aromatic rings. The SMILES string of the molecule is CCCN1CCC(C)(C(C)=O)CC1. The van der Waals surface area contributed by atoms with Gasteiger partial charge in [0.2, 0.25) is 0 Å². The third-order valence-corrected chi connectivity index (χ3v) is 3.35. The Morgan fingerprint density at radius 3 is 2.31 bits per heavy atom. The van der Waals surface area contributed by atoms with Crippen LogP contribution in [0.15, 0.2) is 0 Å². The van der Waals surface area contributed by atoms with E-state index < -0.39 is 0 Å². The van der Waals surface area contributed by atoms with Crippen LogP contribution >= 0.6 is 0 Å². The van der Waals surface area contributed by atoms with Gasteiger partial charge in [0.15, 0.2) is 0 Å². The van der Waals surface area contributed by atoms with Crippen LogP contribution in [0.5, 0.6) is 0 Å². The van der Waals surface area contributed by atoms with Gasteiger partial charge in [-0.1, -0.05) is 13.8 Å². The van der Waals surface area contributed by atoms with E-state index >= 15 is 0 Å². The number of hydrogen-bond donors (Lipinski definition) is 0. The van der Waals surface area contributed by atoms with E-state index in [1.807, 2.05) is 0 Å². The maximum Gasteiger partial charge on any atom is 0.135 e. The van der Waals surface area contributed by atoms with Crippen molar-refractivity contribution in [3.63, 3.8) is 0 Å². The molecule has 0 aromatic carbocycles. The van der Waals surface area contributed by atoms with Crippen molar-refractivity contribution in [2.24, 2.45) is 5.41 Å². The first kappa shape index (κ1) is 10.7. The molecular weight excluding hydrogens is 162 g/mol. The van der Waals surface area contributed by atoms with Gasteiger partial charge in [-0.3, -0.25) is 4.79 Å². The molecule has 0 aliphatic carbocycles. The molecule has 0 aromatic heterocycles. The quantitative estimate of drug-likeness (QED) is 0.667. The number of piperidine rings is 1. The summed E-state index contributed by atoms with van der Waals surface area (Å²) < 4.78 is 0. The average Bonchev–Trinajstić information content (AvgIpc) is 2.09. The number of hydrogen-bond acceptors (Lipinski definition) is 2. The van der Waals surface area contributed by atoms with E-state index in [2.05, 4.69) is 18.7 Å². The lowest BCUT2D eigenvalue weighted by atomic mass is 9.77. The van der Waals surface area contributed by atoms with E-state index in [4.69, 9.17) is 0 Å². The molecule has 1 fully saturated rings. The van der Waals surface area contributed by atoms with Gasteiger partial charge in [-0.05, 0) is 45.8 Å². The van der Waals surface area contributed by atoms with Crippen LogP contribution in [0.2, 0.25) is 0 Å². The summed E-state index contributed by atoms with van der Waals surface area (Å²) in [4.78, 5) is 13.8. The van der Waals surface area contributed by atoms with E-state index in [9.17, 15) is 4.79 Å². The third-order valence-electron chi connectivity index (χ3n) is 3.35. The van der Waals surface area contributed by atoms with Crippen molar-refractivity contribution < 1.29 is 4.79 Å². The summed E-state index contributed by atoms with van der Waals surface area (Å²) >= 11 is 0. The first-order valence-corrected chi connectivity index (χ1v) is 5.32. The maximum absolute atomic E-state index is 11.4. The fourth-order valence-corrected chi connectivity index (χ4v) is 1.94. The molecule has 0 bridgehead atoms. The third kappa shape index (κ3) is 2.53. The van der Waals surface area contributed by atoms with Crippen LogP contribution in [0.1, 0.15) is 40.0 Å². The molecule has 0 unspecified atom stereocenters. The summed E-state index contributed by atoms with van der Waals surface area (Å²) in [5.74, 6) is 0.364. The van der Waals surface area contributed by atoms with Crippen LogP contribution in [0.4, 0.5) is 0 Å². The van der Waals surface area contributed by atoms with Gasteiger partial charge < -0.3 is 4.90 Å². The molecule has 1 rings (SSSR count). The lowest BCUT2D eigenvalue weighted by molar-refractivity contribution is -0.128. The minimum atomic E-state index is -0.0236. The van der Waals surface area contributed by atoms with Gasteiger partial charge in [-0.25, -0.2) is 0 Å².